The first-order valence-electron chi connectivity index (χ1n) is 3.67. The highest BCUT2D eigenvalue weighted by Crippen LogP contribution is 2.43. The predicted molar refractivity (Wildman–Crippen MR) is 52.4 cm³/mol. The van der Waals surface area contributed by atoms with Crippen molar-refractivity contribution in [3.05, 3.63) is 29.8 Å². The van der Waals surface area contributed by atoms with Gasteiger partial charge in [-0.3, -0.25) is 0 Å². The second-order valence-electron chi connectivity index (χ2n) is 2.66. The average Bonchev–Trinajstić information content (AvgIpc) is 2.09. The van der Waals surface area contributed by atoms with Gasteiger partial charge in [0.2, 0.25) is 0 Å². The SMILES string of the molecule is Cc1ccc(OP(=O)(O)CCl)cc1. The van der Waals surface area contributed by atoms with E-state index in [9.17, 15) is 4.57 Å². The van der Waals surface area contributed by atoms with E-state index in [0.717, 1.165) is 5.56 Å². The molecule has 1 N–H and O–H groups in total. The summed E-state index contributed by atoms with van der Waals surface area (Å²) in [5.41, 5.74) is 0.659. The molecular weight excluding hydrogens is 211 g/mol. The summed E-state index contributed by atoms with van der Waals surface area (Å²) in [4.78, 5) is 9.05. The molecule has 0 aliphatic carbocycles. The summed E-state index contributed by atoms with van der Waals surface area (Å²) >= 11 is 5.24. The van der Waals surface area contributed by atoms with Gasteiger partial charge in [-0.15, -0.1) is 11.6 Å². The van der Waals surface area contributed by atoms with Gasteiger partial charge in [0.15, 0.2) is 0 Å². The molecule has 0 saturated heterocycles. The van der Waals surface area contributed by atoms with Crippen LogP contribution in [0, 0.1) is 6.92 Å². The quantitative estimate of drug-likeness (QED) is 0.629. The zero-order valence-corrected chi connectivity index (χ0v) is 8.76. The fraction of sp³-hybridized carbons (Fsp3) is 0.250. The molecule has 0 fully saturated rings. The third-order valence-corrected chi connectivity index (χ3v) is 3.12. The van der Waals surface area contributed by atoms with Gasteiger partial charge in [0, 0.05) is 0 Å². The molecule has 13 heavy (non-hydrogen) atoms. The first-order valence-corrected chi connectivity index (χ1v) is 5.97. The number of hydrogen-bond acceptors (Lipinski definition) is 2. The molecule has 5 heteroatoms. The van der Waals surface area contributed by atoms with Gasteiger partial charge in [-0.2, -0.15) is 0 Å². The van der Waals surface area contributed by atoms with Gasteiger partial charge in [-0.25, -0.2) is 4.57 Å². The van der Waals surface area contributed by atoms with E-state index in [1.165, 1.54) is 0 Å². The molecule has 0 aliphatic heterocycles. The molecule has 1 aromatic carbocycles. The van der Waals surface area contributed by atoms with Crippen molar-refractivity contribution in [3.8, 4) is 5.75 Å². The monoisotopic (exact) mass is 220 g/mol. The van der Waals surface area contributed by atoms with Crippen LogP contribution in [0.3, 0.4) is 0 Å². The highest BCUT2D eigenvalue weighted by Gasteiger charge is 2.18. The van der Waals surface area contributed by atoms with Crippen LogP contribution in [0.4, 0.5) is 0 Å². The van der Waals surface area contributed by atoms with E-state index >= 15 is 0 Å². The van der Waals surface area contributed by atoms with Crippen LogP contribution in [0.5, 0.6) is 5.75 Å². The summed E-state index contributed by atoms with van der Waals surface area (Å²) in [6.07, 6.45) is 0. The van der Waals surface area contributed by atoms with Crippen molar-refractivity contribution in [2.75, 3.05) is 5.62 Å². The summed E-state index contributed by atoms with van der Waals surface area (Å²) < 4.78 is 15.8. The van der Waals surface area contributed by atoms with Crippen molar-refractivity contribution >= 4 is 19.2 Å². The van der Waals surface area contributed by atoms with E-state index < -0.39 is 13.2 Å². The number of hydrogen-bond donors (Lipinski definition) is 1. The molecule has 0 amide bonds. The van der Waals surface area contributed by atoms with Gasteiger partial charge >= 0.3 is 7.60 Å². The van der Waals surface area contributed by atoms with Crippen LogP contribution in [0.15, 0.2) is 24.3 Å². The van der Waals surface area contributed by atoms with Crippen LogP contribution in [0.1, 0.15) is 5.56 Å². The van der Waals surface area contributed by atoms with Gasteiger partial charge < -0.3 is 9.42 Å². The molecule has 1 rings (SSSR count). The number of alkyl halides is 1. The molecular formula is C8H10ClO3P. The van der Waals surface area contributed by atoms with Crippen LogP contribution >= 0.6 is 19.2 Å². The standard InChI is InChI=1S/C8H10ClO3P/c1-7-2-4-8(5-3-7)12-13(10,11)6-9/h2-5H,6H2,1H3,(H,10,11). The Morgan fingerprint density at radius 1 is 1.46 bits per heavy atom. The molecule has 0 aliphatic rings. The lowest BCUT2D eigenvalue weighted by Gasteiger charge is -2.09. The summed E-state index contributed by atoms with van der Waals surface area (Å²) in [6.45, 7) is 1.92. The largest absolute Gasteiger partial charge is 0.424 e. The van der Waals surface area contributed by atoms with Crippen molar-refractivity contribution in [3.63, 3.8) is 0 Å². The Hall–Kier alpha value is -0.500. The fourth-order valence-corrected chi connectivity index (χ4v) is 1.43. The van der Waals surface area contributed by atoms with Crippen LogP contribution in [0.25, 0.3) is 0 Å². The topological polar surface area (TPSA) is 46.5 Å². The lowest BCUT2D eigenvalue weighted by molar-refractivity contribution is 0.385. The van der Waals surface area contributed by atoms with E-state index in [-0.39, 0.29) is 0 Å². The van der Waals surface area contributed by atoms with E-state index in [1.807, 2.05) is 6.92 Å². The first-order chi connectivity index (χ1) is 6.03. The second-order valence-corrected chi connectivity index (χ2v) is 5.07. The third kappa shape index (κ3) is 3.39. The molecule has 1 unspecified atom stereocenters. The molecule has 1 atom stereocenters. The minimum atomic E-state index is -3.65. The Morgan fingerprint density at radius 2 is 2.00 bits per heavy atom. The molecule has 0 aromatic heterocycles. The number of benzene rings is 1. The summed E-state index contributed by atoms with van der Waals surface area (Å²) in [6, 6.07) is 6.85. The van der Waals surface area contributed by atoms with Crippen molar-refractivity contribution in [2.45, 2.75) is 6.92 Å². The van der Waals surface area contributed by atoms with Crippen LogP contribution in [-0.2, 0) is 4.57 Å². The van der Waals surface area contributed by atoms with Crippen LogP contribution in [-0.4, -0.2) is 10.5 Å². The molecule has 0 bridgehead atoms. The molecule has 1 aromatic rings. The minimum Gasteiger partial charge on any atom is -0.424 e. The number of aryl methyl sites for hydroxylation is 1. The zero-order chi connectivity index (χ0) is 9.90. The molecule has 0 radical (unpaired) electrons. The Morgan fingerprint density at radius 3 is 2.46 bits per heavy atom. The van der Waals surface area contributed by atoms with Gasteiger partial charge in [-0.05, 0) is 19.1 Å². The molecule has 72 valence electrons. The van der Waals surface area contributed by atoms with Crippen LogP contribution < -0.4 is 4.52 Å². The third-order valence-electron chi connectivity index (χ3n) is 1.42. The minimum absolute atomic E-state index is 0.358. The summed E-state index contributed by atoms with van der Waals surface area (Å²) in [5.74, 6) is 0.358. The lowest BCUT2D eigenvalue weighted by atomic mass is 10.2. The molecule has 0 saturated carbocycles. The normalized spacial score (nSPS) is 15.0. The van der Waals surface area contributed by atoms with Crippen LogP contribution in [0.2, 0.25) is 0 Å². The van der Waals surface area contributed by atoms with E-state index in [1.54, 1.807) is 24.3 Å². The molecule has 3 nitrogen and oxygen atoms in total. The predicted octanol–water partition coefficient (Wildman–Crippen LogP) is 2.76. The average molecular weight is 221 g/mol. The Labute approximate surface area is 81.8 Å². The summed E-state index contributed by atoms with van der Waals surface area (Å²) in [7, 11) is -3.65. The highest BCUT2D eigenvalue weighted by molar-refractivity contribution is 7.55. The smallest absolute Gasteiger partial charge is 0.391 e. The maximum Gasteiger partial charge on any atom is 0.391 e. The first kappa shape index (κ1) is 10.6. The van der Waals surface area contributed by atoms with Crippen molar-refractivity contribution in [1.29, 1.82) is 0 Å². The molecule has 0 heterocycles. The van der Waals surface area contributed by atoms with E-state index in [4.69, 9.17) is 21.0 Å². The zero-order valence-electron chi connectivity index (χ0n) is 7.11. The maximum atomic E-state index is 11.0. The maximum absolute atomic E-state index is 11.0. The van der Waals surface area contributed by atoms with Gasteiger partial charge in [0.1, 0.15) is 11.4 Å². The van der Waals surface area contributed by atoms with Crippen molar-refractivity contribution in [2.24, 2.45) is 0 Å². The van der Waals surface area contributed by atoms with Gasteiger partial charge in [-0.1, -0.05) is 17.7 Å². The van der Waals surface area contributed by atoms with Gasteiger partial charge in [0.25, 0.3) is 0 Å². The Balaban J connectivity index is 2.75. The number of halogens is 1. The Kier molecular flexibility index (Phi) is 3.37. The lowest BCUT2D eigenvalue weighted by Crippen LogP contribution is -1.92. The number of rotatable bonds is 3. The fourth-order valence-electron chi connectivity index (χ4n) is 0.788. The Bertz CT molecular complexity index is 323. The van der Waals surface area contributed by atoms with E-state index in [0.29, 0.717) is 5.75 Å². The summed E-state index contributed by atoms with van der Waals surface area (Å²) in [5, 5.41) is 0. The second kappa shape index (κ2) is 4.14. The highest BCUT2D eigenvalue weighted by atomic mass is 35.5. The van der Waals surface area contributed by atoms with E-state index in [2.05, 4.69) is 0 Å². The van der Waals surface area contributed by atoms with Crippen molar-refractivity contribution < 1.29 is 14.0 Å². The molecule has 0 spiro atoms. The van der Waals surface area contributed by atoms with Gasteiger partial charge in [0.05, 0.1) is 0 Å². The van der Waals surface area contributed by atoms with Crippen molar-refractivity contribution in [1.82, 2.24) is 0 Å².